The Labute approximate surface area is 180 Å². The van der Waals surface area contributed by atoms with Crippen LogP contribution in [0.5, 0.6) is 5.75 Å². The smallest absolute Gasteiger partial charge is 0.361 e. The van der Waals surface area contributed by atoms with Gasteiger partial charge in [-0.3, -0.25) is 4.55 Å². The first-order valence-electron chi connectivity index (χ1n) is 7.93. The lowest BCUT2D eigenvalue weighted by atomic mass is 10.1. The molecule has 0 aromatic heterocycles. The van der Waals surface area contributed by atoms with Crippen molar-refractivity contribution in [1.82, 2.24) is 0 Å². The molecule has 15 heteroatoms. The Morgan fingerprint density at radius 1 is 0.710 bits per heavy atom. The summed E-state index contributed by atoms with van der Waals surface area (Å²) in [6.45, 7) is 0. The van der Waals surface area contributed by atoms with Gasteiger partial charge in [-0.05, 0) is 47.2 Å². The summed E-state index contributed by atoms with van der Waals surface area (Å²) in [6, 6.07) is 14.1. The van der Waals surface area contributed by atoms with Crippen LogP contribution in [0.2, 0.25) is 0 Å². The van der Waals surface area contributed by atoms with E-state index >= 15 is 0 Å². The first kappa shape index (κ1) is 23.3. The molecule has 0 aliphatic heterocycles. The van der Waals surface area contributed by atoms with Gasteiger partial charge in [0.25, 0.3) is 0 Å². The molecular formula is C16H12O11S4. The van der Waals surface area contributed by atoms with Crippen LogP contribution in [0, 0.1) is 0 Å². The highest BCUT2D eigenvalue weighted by molar-refractivity contribution is 8.00. The van der Waals surface area contributed by atoms with Crippen LogP contribution < -0.4 is 4.18 Å². The highest BCUT2D eigenvalue weighted by Crippen LogP contribution is 2.25. The van der Waals surface area contributed by atoms with Crippen molar-refractivity contribution in [3.8, 4) is 5.75 Å². The number of hydrogen-bond acceptors (Lipinski definition) is 10. The second-order valence-corrected chi connectivity index (χ2v) is 11.0. The molecule has 0 aliphatic rings. The molecule has 0 bridgehead atoms. The van der Waals surface area contributed by atoms with Gasteiger partial charge in [-0.1, -0.05) is 30.3 Å². The van der Waals surface area contributed by atoms with Crippen molar-refractivity contribution in [2.24, 2.45) is 0 Å². The monoisotopic (exact) mass is 508 g/mol. The summed E-state index contributed by atoms with van der Waals surface area (Å²) >= 11 is -3.16. The summed E-state index contributed by atoms with van der Waals surface area (Å²) in [5.74, 6) is -0.471. The molecule has 3 rings (SSSR count). The standard InChI is InChI=1S/C16H12O11S4/c17-28(18)26-31(23,24)25-14-6-9-15(10-7-14)29(19,20)27-30(21,22)16-8-5-12-3-1-2-4-13(12)11-16/h1-11H,(H,17,18). The molecule has 3 aromatic rings. The molecule has 0 fully saturated rings. The fourth-order valence-electron chi connectivity index (χ4n) is 2.38. The van der Waals surface area contributed by atoms with Gasteiger partial charge in [-0.25, -0.2) is 0 Å². The Hall–Kier alpha value is -2.40. The minimum Gasteiger partial charge on any atom is -0.361 e. The second kappa shape index (κ2) is 8.62. The van der Waals surface area contributed by atoms with Gasteiger partial charge in [0.2, 0.25) is 0 Å². The van der Waals surface area contributed by atoms with Crippen LogP contribution in [0.25, 0.3) is 10.8 Å². The largest absolute Gasteiger partial charge is 0.464 e. The zero-order valence-electron chi connectivity index (χ0n) is 15.0. The van der Waals surface area contributed by atoms with Crippen LogP contribution in [-0.2, 0) is 49.3 Å². The molecule has 1 atom stereocenters. The molecule has 3 aromatic carbocycles. The number of hydrogen-bond donors (Lipinski definition) is 1. The average Bonchev–Trinajstić information content (AvgIpc) is 2.66. The van der Waals surface area contributed by atoms with Crippen LogP contribution in [-0.4, -0.2) is 34.0 Å². The van der Waals surface area contributed by atoms with Crippen molar-refractivity contribution in [2.75, 3.05) is 0 Å². The molecule has 0 radical (unpaired) electrons. The van der Waals surface area contributed by atoms with Gasteiger partial charge in [0.1, 0.15) is 5.75 Å². The molecule has 1 N–H and O–H groups in total. The van der Waals surface area contributed by atoms with E-state index in [1.54, 1.807) is 24.3 Å². The Kier molecular flexibility index (Phi) is 6.47. The summed E-state index contributed by atoms with van der Waals surface area (Å²) in [4.78, 5) is -0.997. The van der Waals surface area contributed by atoms with Crippen molar-refractivity contribution in [1.29, 1.82) is 0 Å². The van der Waals surface area contributed by atoms with Crippen LogP contribution in [0.3, 0.4) is 0 Å². The highest BCUT2D eigenvalue weighted by atomic mass is 32.3. The van der Waals surface area contributed by atoms with Gasteiger partial charge in [-0.2, -0.15) is 29.5 Å². The van der Waals surface area contributed by atoms with Crippen LogP contribution in [0.1, 0.15) is 0 Å². The first-order chi connectivity index (χ1) is 14.4. The predicted octanol–water partition coefficient (Wildman–Crippen LogP) is 1.71. The lowest BCUT2D eigenvalue weighted by Crippen LogP contribution is -2.15. The van der Waals surface area contributed by atoms with Gasteiger partial charge in [-0.15, -0.1) is 7.26 Å². The lowest BCUT2D eigenvalue weighted by Gasteiger charge is -2.08. The third-order valence-corrected chi connectivity index (χ3v) is 8.28. The maximum absolute atomic E-state index is 12.4. The molecule has 1 unspecified atom stereocenters. The van der Waals surface area contributed by atoms with Crippen LogP contribution in [0.4, 0.5) is 0 Å². The van der Waals surface area contributed by atoms with E-state index in [0.717, 1.165) is 29.7 Å². The Balaban J connectivity index is 1.83. The summed E-state index contributed by atoms with van der Waals surface area (Å²) in [6.07, 6.45) is 0. The van der Waals surface area contributed by atoms with Crippen molar-refractivity contribution in [3.05, 3.63) is 66.7 Å². The zero-order valence-corrected chi connectivity index (χ0v) is 18.3. The van der Waals surface area contributed by atoms with Crippen molar-refractivity contribution in [2.45, 2.75) is 9.79 Å². The van der Waals surface area contributed by atoms with E-state index < -0.39 is 52.6 Å². The number of benzene rings is 3. The SMILES string of the molecule is O=S(O)OS(=O)(=O)Oc1ccc(S(=O)(=O)OS(=O)(=O)c2ccc3ccccc3c2)cc1. The fraction of sp³-hybridized carbons (Fsp3) is 0. The van der Waals surface area contributed by atoms with E-state index in [-0.39, 0.29) is 4.90 Å². The van der Waals surface area contributed by atoms with Crippen molar-refractivity contribution >= 4 is 52.8 Å². The maximum Gasteiger partial charge on any atom is 0.464 e. The van der Waals surface area contributed by atoms with E-state index in [1.165, 1.54) is 18.2 Å². The van der Waals surface area contributed by atoms with Crippen LogP contribution >= 0.6 is 0 Å². The predicted molar refractivity (Wildman–Crippen MR) is 107 cm³/mol. The summed E-state index contributed by atoms with van der Waals surface area (Å²) in [5, 5.41) is 1.29. The van der Waals surface area contributed by atoms with E-state index in [2.05, 4.69) is 11.4 Å². The summed E-state index contributed by atoms with van der Waals surface area (Å²) in [7, 11) is -14.4. The minimum atomic E-state index is -4.89. The average molecular weight is 509 g/mol. The number of rotatable bonds is 8. The topological polar surface area (TPSA) is 167 Å². The summed E-state index contributed by atoms with van der Waals surface area (Å²) < 4.78 is 103. The first-order valence-corrected chi connectivity index (χ1v) is 13.1. The molecule has 0 saturated heterocycles. The van der Waals surface area contributed by atoms with Crippen LogP contribution in [0.15, 0.2) is 76.5 Å². The lowest BCUT2D eigenvalue weighted by molar-refractivity contribution is 0.380. The summed E-state index contributed by atoms with van der Waals surface area (Å²) in [5.41, 5.74) is 0. The van der Waals surface area contributed by atoms with Gasteiger partial charge < -0.3 is 4.18 Å². The molecule has 31 heavy (non-hydrogen) atoms. The number of fused-ring (bicyclic) bond motifs is 1. The van der Waals surface area contributed by atoms with Gasteiger partial charge in [0, 0.05) is 0 Å². The van der Waals surface area contributed by atoms with Crippen molar-refractivity contribution < 1.29 is 45.5 Å². The Morgan fingerprint density at radius 3 is 1.87 bits per heavy atom. The molecule has 0 amide bonds. The third-order valence-electron chi connectivity index (χ3n) is 3.64. The van der Waals surface area contributed by atoms with Gasteiger partial charge >= 0.3 is 42.0 Å². The van der Waals surface area contributed by atoms with E-state index in [9.17, 15) is 29.5 Å². The Morgan fingerprint density at radius 2 is 1.26 bits per heavy atom. The maximum atomic E-state index is 12.4. The van der Waals surface area contributed by atoms with E-state index in [0.29, 0.717) is 5.39 Å². The fourth-order valence-corrected chi connectivity index (χ4v) is 5.96. The Bertz CT molecular complexity index is 1460. The quantitative estimate of drug-likeness (QED) is 0.440. The minimum absolute atomic E-state index is 0.380. The molecule has 0 saturated carbocycles. The second-order valence-electron chi connectivity index (χ2n) is 5.73. The molecule has 11 nitrogen and oxygen atoms in total. The molecule has 0 heterocycles. The molecule has 166 valence electrons. The van der Waals surface area contributed by atoms with E-state index in [4.69, 9.17) is 4.55 Å². The van der Waals surface area contributed by atoms with Crippen molar-refractivity contribution in [3.63, 3.8) is 0 Å². The zero-order chi connectivity index (χ0) is 22.9. The highest BCUT2D eigenvalue weighted by Gasteiger charge is 2.27. The molecular weight excluding hydrogens is 496 g/mol. The third kappa shape index (κ3) is 5.85. The van der Waals surface area contributed by atoms with E-state index in [1.807, 2.05) is 0 Å². The molecule has 0 spiro atoms. The normalized spacial score (nSPS) is 13.7. The molecule has 0 aliphatic carbocycles. The van der Waals surface area contributed by atoms with Gasteiger partial charge in [0.05, 0.1) is 9.79 Å². The van der Waals surface area contributed by atoms with Gasteiger partial charge in [0.15, 0.2) is 0 Å².